The van der Waals surface area contributed by atoms with Crippen molar-refractivity contribution in [1.82, 2.24) is 0 Å². The number of nitro groups is 1. The minimum Gasteiger partial charge on any atom is -0.277 e. The number of rotatable bonds is 4. The number of hydrogen-bond acceptors (Lipinski definition) is 4. The van der Waals surface area contributed by atoms with Crippen molar-refractivity contribution in [3.05, 3.63) is 63.7 Å². The number of halogens is 2. The topological polar surface area (TPSA) is 89.3 Å². The van der Waals surface area contributed by atoms with Gasteiger partial charge in [0.15, 0.2) is 0 Å². The smallest absolute Gasteiger partial charge is 0.273 e. The van der Waals surface area contributed by atoms with E-state index in [1.807, 2.05) is 4.72 Å². The highest BCUT2D eigenvalue weighted by atomic mass is 32.2. The first-order valence-electron chi connectivity index (χ1n) is 5.93. The molecule has 0 unspecified atom stereocenters. The molecule has 0 amide bonds. The fraction of sp³-hybridized carbons (Fsp3) is 0.0769. The average Bonchev–Trinajstić information content (AvgIpc) is 2.42. The van der Waals surface area contributed by atoms with Crippen LogP contribution in [0.4, 0.5) is 20.2 Å². The van der Waals surface area contributed by atoms with E-state index >= 15 is 0 Å². The minimum absolute atomic E-state index is 0.289. The van der Waals surface area contributed by atoms with Gasteiger partial charge in [-0.15, -0.1) is 0 Å². The zero-order valence-corrected chi connectivity index (χ0v) is 12.0. The molecule has 2 aromatic carbocycles. The Hall–Kier alpha value is -2.55. The molecule has 0 bridgehead atoms. The van der Waals surface area contributed by atoms with E-state index in [2.05, 4.69) is 0 Å². The summed E-state index contributed by atoms with van der Waals surface area (Å²) in [6, 6.07) is 5.64. The number of anilines is 1. The van der Waals surface area contributed by atoms with Crippen LogP contribution in [0, 0.1) is 28.7 Å². The van der Waals surface area contributed by atoms with Gasteiger partial charge in [0.1, 0.15) is 11.6 Å². The van der Waals surface area contributed by atoms with Crippen LogP contribution in [0.3, 0.4) is 0 Å². The van der Waals surface area contributed by atoms with Gasteiger partial charge in [0, 0.05) is 17.7 Å². The molecular formula is C13H10F2N2O4S. The van der Waals surface area contributed by atoms with E-state index in [9.17, 15) is 27.3 Å². The predicted octanol–water partition coefficient (Wildman–Crippen LogP) is 2.98. The lowest BCUT2D eigenvalue weighted by atomic mass is 10.2. The molecule has 2 rings (SSSR count). The third kappa shape index (κ3) is 3.19. The first kappa shape index (κ1) is 15.8. The molecule has 0 fully saturated rings. The van der Waals surface area contributed by atoms with Gasteiger partial charge in [-0.2, -0.15) is 0 Å². The quantitative estimate of drug-likeness (QED) is 0.690. The molecule has 2 aromatic rings. The van der Waals surface area contributed by atoms with Crippen LogP contribution in [-0.4, -0.2) is 13.3 Å². The number of nitrogens with zero attached hydrogens (tertiary/aromatic N) is 1. The first-order valence-corrected chi connectivity index (χ1v) is 7.42. The molecule has 9 heteroatoms. The van der Waals surface area contributed by atoms with E-state index in [0.29, 0.717) is 6.07 Å². The standard InChI is InChI=1S/C13H10F2N2O4S/c1-8-2-4-10(7-13(8)17(18)19)22(20,21)16-12-5-3-9(14)6-11(12)15/h2-7,16H,1H3. The van der Waals surface area contributed by atoms with Crippen molar-refractivity contribution in [3.8, 4) is 0 Å². The van der Waals surface area contributed by atoms with E-state index in [4.69, 9.17) is 0 Å². The van der Waals surface area contributed by atoms with Crippen LogP contribution in [0.15, 0.2) is 41.3 Å². The molecule has 1 N–H and O–H groups in total. The first-order chi connectivity index (χ1) is 10.2. The Kier molecular flexibility index (Phi) is 4.09. The van der Waals surface area contributed by atoms with Crippen molar-refractivity contribution in [2.75, 3.05) is 4.72 Å². The van der Waals surface area contributed by atoms with Gasteiger partial charge in [0.2, 0.25) is 0 Å². The maximum Gasteiger partial charge on any atom is 0.273 e. The Morgan fingerprint density at radius 1 is 1.14 bits per heavy atom. The van der Waals surface area contributed by atoms with E-state index in [0.717, 1.165) is 24.3 Å². The van der Waals surface area contributed by atoms with Crippen LogP contribution in [-0.2, 0) is 10.0 Å². The second kappa shape index (κ2) is 5.68. The number of nitrogens with one attached hydrogen (secondary N) is 1. The number of aryl methyl sites for hydroxylation is 1. The minimum atomic E-state index is -4.24. The van der Waals surface area contributed by atoms with E-state index in [1.54, 1.807) is 0 Å². The molecule has 0 spiro atoms. The maximum atomic E-state index is 13.5. The Bertz CT molecular complexity index is 853. The van der Waals surface area contributed by atoms with E-state index in [-0.39, 0.29) is 11.3 Å². The Morgan fingerprint density at radius 2 is 1.82 bits per heavy atom. The molecule has 0 aliphatic rings. The zero-order valence-electron chi connectivity index (χ0n) is 11.2. The predicted molar refractivity (Wildman–Crippen MR) is 75.0 cm³/mol. The lowest BCUT2D eigenvalue weighted by molar-refractivity contribution is -0.385. The van der Waals surface area contributed by atoms with Gasteiger partial charge in [-0.25, -0.2) is 17.2 Å². The zero-order chi connectivity index (χ0) is 16.5. The average molecular weight is 328 g/mol. The largest absolute Gasteiger partial charge is 0.277 e. The van der Waals surface area contributed by atoms with Crippen LogP contribution < -0.4 is 4.72 Å². The summed E-state index contributed by atoms with van der Waals surface area (Å²) in [5.74, 6) is -1.95. The van der Waals surface area contributed by atoms with Gasteiger partial charge in [-0.05, 0) is 25.1 Å². The molecule has 116 valence electrons. The molecule has 0 aliphatic heterocycles. The van der Waals surface area contributed by atoms with Crippen molar-refractivity contribution < 1.29 is 22.1 Å². The molecule has 0 aliphatic carbocycles. The van der Waals surface area contributed by atoms with Gasteiger partial charge in [0.05, 0.1) is 15.5 Å². The van der Waals surface area contributed by atoms with Gasteiger partial charge >= 0.3 is 0 Å². The highest BCUT2D eigenvalue weighted by molar-refractivity contribution is 7.92. The van der Waals surface area contributed by atoms with E-state index in [1.165, 1.54) is 13.0 Å². The summed E-state index contributed by atoms with van der Waals surface area (Å²) in [6.07, 6.45) is 0. The molecule has 0 radical (unpaired) electrons. The van der Waals surface area contributed by atoms with Gasteiger partial charge < -0.3 is 0 Å². The van der Waals surface area contributed by atoms with Crippen molar-refractivity contribution in [2.45, 2.75) is 11.8 Å². The molecule has 0 atom stereocenters. The Balaban J connectivity index is 2.42. The highest BCUT2D eigenvalue weighted by Crippen LogP contribution is 2.25. The third-order valence-electron chi connectivity index (χ3n) is 2.86. The number of hydrogen-bond donors (Lipinski definition) is 1. The maximum absolute atomic E-state index is 13.5. The summed E-state index contributed by atoms with van der Waals surface area (Å²) in [7, 11) is -4.24. The van der Waals surface area contributed by atoms with Gasteiger partial charge in [0.25, 0.3) is 15.7 Å². The summed E-state index contributed by atoms with van der Waals surface area (Å²) < 4.78 is 52.5. The van der Waals surface area contributed by atoms with Crippen molar-refractivity contribution in [2.24, 2.45) is 0 Å². The molecule has 22 heavy (non-hydrogen) atoms. The molecule has 0 saturated heterocycles. The van der Waals surface area contributed by atoms with Crippen LogP contribution in [0.1, 0.15) is 5.56 Å². The Labute approximate surface area is 124 Å². The Morgan fingerprint density at radius 3 is 2.41 bits per heavy atom. The molecular weight excluding hydrogens is 318 g/mol. The van der Waals surface area contributed by atoms with Crippen LogP contribution in [0.25, 0.3) is 0 Å². The number of benzene rings is 2. The molecule has 0 heterocycles. The molecule has 6 nitrogen and oxygen atoms in total. The lowest BCUT2D eigenvalue weighted by Gasteiger charge is -2.09. The molecule has 0 saturated carbocycles. The molecule has 0 aromatic heterocycles. The number of nitro benzene ring substituents is 1. The number of sulfonamides is 1. The van der Waals surface area contributed by atoms with E-state index < -0.39 is 37.2 Å². The third-order valence-corrected chi connectivity index (χ3v) is 4.23. The fourth-order valence-corrected chi connectivity index (χ4v) is 2.82. The van der Waals surface area contributed by atoms with Crippen molar-refractivity contribution in [1.29, 1.82) is 0 Å². The summed E-state index contributed by atoms with van der Waals surface area (Å²) in [5.41, 5.74) is -0.538. The summed E-state index contributed by atoms with van der Waals surface area (Å²) >= 11 is 0. The summed E-state index contributed by atoms with van der Waals surface area (Å²) in [6.45, 7) is 1.46. The second-order valence-corrected chi connectivity index (χ2v) is 6.12. The lowest BCUT2D eigenvalue weighted by Crippen LogP contribution is -2.14. The second-order valence-electron chi connectivity index (χ2n) is 4.44. The normalized spacial score (nSPS) is 11.2. The van der Waals surface area contributed by atoms with Gasteiger partial charge in [-0.3, -0.25) is 14.8 Å². The summed E-state index contributed by atoms with van der Waals surface area (Å²) in [5, 5.41) is 10.8. The van der Waals surface area contributed by atoms with Gasteiger partial charge in [-0.1, -0.05) is 6.07 Å². The van der Waals surface area contributed by atoms with Crippen LogP contribution in [0.5, 0.6) is 0 Å². The van der Waals surface area contributed by atoms with Crippen LogP contribution >= 0.6 is 0 Å². The van der Waals surface area contributed by atoms with Crippen molar-refractivity contribution in [3.63, 3.8) is 0 Å². The monoisotopic (exact) mass is 328 g/mol. The van der Waals surface area contributed by atoms with Crippen molar-refractivity contribution >= 4 is 21.4 Å². The highest BCUT2D eigenvalue weighted by Gasteiger charge is 2.21. The van der Waals surface area contributed by atoms with Crippen LogP contribution in [0.2, 0.25) is 0 Å². The summed E-state index contributed by atoms with van der Waals surface area (Å²) in [4.78, 5) is 9.73. The fourth-order valence-electron chi connectivity index (χ4n) is 1.73. The SMILES string of the molecule is Cc1ccc(S(=O)(=O)Nc2ccc(F)cc2F)cc1[N+](=O)[O-].